The van der Waals surface area contributed by atoms with Gasteiger partial charge in [-0.05, 0) is 12.3 Å². The highest BCUT2D eigenvalue weighted by Crippen LogP contribution is 2.07. The van der Waals surface area contributed by atoms with Gasteiger partial charge in [0.2, 0.25) is 0 Å². The quantitative estimate of drug-likeness (QED) is 0.689. The predicted molar refractivity (Wildman–Crippen MR) is 66.6 cm³/mol. The molecule has 0 bridgehead atoms. The molecular formula is C10H13N3O3S. The van der Waals surface area contributed by atoms with Crippen LogP contribution in [0.2, 0.25) is 0 Å². The molecule has 0 unspecified atom stereocenters. The summed E-state index contributed by atoms with van der Waals surface area (Å²) in [6, 6.07) is 0.979. The number of aromatic nitrogens is 1. The summed E-state index contributed by atoms with van der Waals surface area (Å²) >= 11 is 1.62. The molecule has 0 spiro atoms. The molecule has 0 saturated heterocycles. The van der Waals surface area contributed by atoms with Crippen molar-refractivity contribution in [1.82, 2.24) is 10.3 Å². The van der Waals surface area contributed by atoms with Crippen LogP contribution in [0, 0.1) is 0 Å². The smallest absolute Gasteiger partial charge is 0.337 e. The fourth-order valence-corrected chi connectivity index (χ4v) is 1.37. The van der Waals surface area contributed by atoms with Gasteiger partial charge in [0, 0.05) is 18.5 Å². The van der Waals surface area contributed by atoms with Crippen molar-refractivity contribution < 1.29 is 14.7 Å². The van der Waals surface area contributed by atoms with Crippen LogP contribution in [0.4, 0.5) is 10.5 Å². The Hall–Kier alpha value is -1.76. The first-order valence-corrected chi connectivity index (χ1v) is 6.25. The number of amides is 2. The molecule has 1 heterocycles. The average molecular weight is 255 g/mol. The van der Waals surface area contributed by atoms with Crippen LogP contribution in [0.15, 0.2) is 18.5 Å². The molecule has 0 saturated carbocycles. The van der Waals surface area contributed by atoms with Crippen molar-refractivity contribution in [3.63, 3.8) is 0 Å². The van der Waals surface area contributed by atoms with Gasteiger partial charge >= 0.3 is 12.0 Å². The van der Waals surface area contributed by atoms with Crippen molar-refractivity contribution in [2.45, 2.75) is 0 Å². The highest BCUT2D eigenvalue weighted by Gasteiger charge is 2.06. The number of hydrogen-bond acceptors (Lipinski definition) is 4. The zero-order chi connectivity index (χ0) is 12.7. The highest BCUT2D eigenvalue weighted by molar-refractivity contribution is 7.98. The van der Waals surface area contributed by atoms with Crippen molar-refractivity contribution in [2.75, 3.05) is 23.9 Å². The van der Waals surface area contributed by atoms with Crippen LogP contribution in [0.1, 0.15) is 10.4 Å². The number of urea groups is 1. The van der Waals surface area contributed by atoms with E-state index in [4.69, 9.17) is 5.11 Å². The van der Waals surface area contributed by atoms with Crippen molar-refractivity contribution >= 4 is 29.4 Å². The number of thioether (sulfide) groups is 1. The second-order valence-corrected chi connectivity index (χ2v) is 4.13. The van der Waals surface area contributed by atoms with Crippen LogP contribution in [-0.2, 0) is 0 Å². The Balaban J connectivity index is 2.53. The van der Waals surface area contributed by atoms with Crippen LogP contribution in [-0.4, -0.2) is 40.6 Å². The third kappa shape index (κ3) is 4.73. The Morgan fingerprint density at radius 1 is 1.47 bits per heavy atom. The maximum absolute atomic E-state index is 11.4. The third-order valence-corrected chi connectivity index (χ3v) is 2.45. The molecule has 17 heavy (non-hydrogen) atoms. The summed E-state index contributed by atoms with van der Waals surface area (Å²) < 4.78 is 0. The van der Waals surface area contributed by atoms with Gasteiger partial charge in [0.25, 0.3) is 0 Å². The Morgan fingerprint density at radius 3 is 2.88 bits per heavy atom. The zero-order valence-corrected chi connectivity index (χ0v) is 10.1. The molecule has 92 valence electrons. The van der Waals surface area contributed by atoms with Crippen LogP contribution in [0.5, 0.6) is 0 Å². The number of rotatable bonds is 5. The fraction of sp³-hybridized carbons (Fsp3) is 0.300. The van der Waals surface area contributed by atoms with Gasteiger partial charge in [-0.25, -0.2) is 9.59 Å². The minimum absolute atomic E-state index is 0.0342. The lowest BCUT2D eigenvalue weighted by atomic mass is 10.3. The molecule has 0 aliphatic rings. The third-order valence-electron chi connectivity index (χ3n) is 1.83. The summed E-state index contributed by atoms with van der Waals surface area (Å²) in [5.41, 5.74) is 0.387. The SMILES string of the molecule is CSCCNC(=O)Nc1cncc(C(=O)O)c1. The van der Waals surface area contributed by atoms with Crippen LogP contribution in [0.3, 0.4) is 0 Å². The number of hydrogen-bond donors (Lipinski definition) is 3. The molecular weight excluding hydrogens is 242 g/mol. The molecule has 1 aromatic rings. The van der Waals surface area contributed by atoms with Crippen LogP contribution >= 0.6 is 11.8 Å². The van der Waals surface area contributed by atoms with E-state index in [1.807, 2.05) is 6.26 Å². The number of carboxylic acid groups (broad SMARTS) is 1. The molecule has 0 radical (unpaired) electrons. The molecule has 2 amide bonds. The summed E-state index contributed by atoms with van der Waals surface area (Å²) in [6.07, 6.45) is 4.56. The maximum Gasteiger partial charge on any atom is 0.337 e. The topological polar surface area (TPSA) is 91.3 Å². The summed E-state index contributed by atoms with van der Waals surface area (Å²) in [6.45, 7) is 0.555. The van der Waals surface area contributed by atoms with Gasteiger partial charge < -0.3 is 15.7 Å². The fourth-order valence-electron chi connectivity index (χ4n) is 1.07. The van der Waals surface area contributed by atoms with E-state index in [-0.39, 0.29) is 11.6 Å². The molecule has 1 aromatic heterocycles. The summed E-state index contributed by atoms with van der Waals surface area (Å²) in [7, 11) is 0. The van der Waals surface area contributed by atoms with E-state index in [1.165, 1.54) is 18.5 Å². The Kier molecular flexibility index (Phi) is 5.28. The molecule has 0 aliphatic carbocycles. The van der Waals surface area contributed by atoms with Crippen molar-refractivity contribution in [1.29, 1.82) is 0 Å². The first-order valence-electron chi connectivity index (χ1n) is 4.85. The van der Waals surface area contributed by atoms with Crippen molar-refractivity contribution in [3.8, 4) is 0 Å². The van der Waals surface area contributed by atoms with E-state index in [0.29, 0.717) is 12.2 Å². The first-order chi connectivity index (χ1) is 8.13. The molecule has 1 rings (SSSR count). The van der Waals surface area contributed by atoms with E-state index < -0.39 is 5.97 Å². The van der Waals surface area contributed by atoms with Gasteiger partial charge in [-0.15, -0.1) is 0 Å². The van der Waals surface area contributed by atoms with E-state index in [0.717, 1.165) is 5.75 Å². The second-order valence-electron chi connectivity index (χ2n) is 3.14. The summed E-state index contributed by atoms with van der Waals surface area (Å²) in [5.74, 6) is -0.259. The number of carbonyl (C=O) groups excluding carboxylic acids is 1. The summed E-state index contributed by atoms with van der Waals surface area (Å²) in [5, 5.41) is 13.9. The van der Waals surface area contributed by atoms with Gasteiger partial charge in [-0.3, -0.25) is 4.98 Å². The predicted octanol–water partition coefficient (Wildman–Crippen LogP) is 1.26. The number of anilines is 1. The van der Waals surface area contributed by atoms with Crippen LogP contribution < -0.4 is 10.6 Å². The van der Waals surface area contributed by atoms with E-state index in [9.17, 15) is 9.59 Å². The molecule has 0 fully saturated rings. The minimum Gasteiger partial charge on any atom is -0.478 e. The lowest BCUT2D eigenvalue weighted by Crippen LogP contribution is -2.30. The number of pyridine rings is 1. The number of nitrogens with one attached hydrogen (secondary N) is 2. The normalized spacial score (nSPS) is 9.71. The Morgan fingerprint density at radius 2 is 2.24 bits per heavy atom. The van der Waals surface area contributed by atoms with E-state index >= 15 is 0 Å². The molecule has 7 heteroatoms. The van der Waals surface area contributed by atoms with Gasteiger partial charge in [0.1, 0.15) is 0 Å². The zero-order valence-electron chi connectivity index (χ0n) is 9.27. The van der Waals surface area contributed by atoms with Crippen LogP contribution in [0.25, 0.3) is 0 Å². The van der Waals surface area contributed by atoms with Crippen molar-refractivity contribution in [3.05, 3.63) is 24.0 Å². The second kappa shape index (κ2) is 6.74. The lowest BCUT2D eigenvalue weighted by molar-refractivity contribution is 0.0696. The number of carboxylic acids is 1. The lowest BCUT2D eigenvalue weighted by Gasteiger charge is -2.06. The highest BCUT2D eigenvalue weighted by atomic mass is 32.2. The molecule has 3 N–H and O–H groups in total. The van der Waals surface area contributed by atoms with Gasteiger partial charge in [-0.1, -0.05) is 0 Å². The molecule has 0 aliphatic heterocycles. The van der Waals surface area contributed by atoms with Gasteiger partial charge in [0.15, 0.2) is 0 Å². The van der Waals surface area contributed by atoms with Crippen molar-refractivity contribution in [2.24, 2.45) is 0 Å². The standard InChI is InChI=1S/C10H13N3O3S/c1-17-3-2-12-10(16)13-8-4-7(9(14)15)5-11-6-8/h4-6H,2-3H2,1H3,(H,14,15)(H2,12,13,16). The Bertz CT molecular complexity index is 412. The number of aromatic carboxylic acids is 1. The number of carbonyl (C=O) groups is 2. The average Bonchev–Trinajstić information content (AvgIpc) is 2.29. The molecule has 6 nitrogen and oxygen atoms in total. The largest absolute Gasteiger partial charge is 0.478 e. The molecule has 0 aromatic carbocycles. The maximum atomic E-state index is 11.4. The summed E-state index contributed by atoms with van der Waals surface area (Å²) in [4.78, 5) is 25.8. The van der Waals surface area contributed by atoms with E-state index in [1.54, 1.807) is 11.8 Å². The van der Waals surface area contributed by atoms with E-state index in [2.05, 4.69) is 15.6 Å². The molecule has 0 atom stereocenters. The van der Waals surface area contributed by atoms with Gasteiger partial charge in [0.05, 0.1) is 17.4 Å². The monoisotopic (exact) mass is 255 g/mol. The first kappa shape index (κ1) is 13.3. The number of nitrogens with zero attached hydrogens (tertiary/aromatic N) is 1. The van der Waals surface area contributed by atoms with Gasteiger partial charge in [-0.2, -0.15) is 11.8 Å². The minimum atomic E-state index is -1.08. The Labute approximate surface area is 103 Å².